The van der Waals surface area contributed by atoms with E-state index in [0.717, 1.165) is 23.5 Å². The summed E-state index contributed by atoms with van der Waals surface area (Å²) in [6.45, 7) is 2.14. The maximum absolute atomic E-state index is 5.65. The second-order valence-corrected chi connectivity index (χ2v) is 4.79. The molecule has 1 aliphatic heterocycles. The van der Waals surface area contributed by atoms with E-state index < -0.39 is 0 Å². The van der Waals surface area contributed by atoms with Crippen LogP contribution in [0.1, 0.15) is 18.9 Å². The number of fused-ring (bicyclic) bond motifs is 2. The van der Waals surface area contributed by atoms with E-state index in [1.54, 1.807) is 0 Å². The molecule has 3 heteroatoms. The van der Waals surface area contributed by atoms with Crippen LogP contribution in [0, 0.1) is 0 Å². The van der Waals surface area contributed by atoms with Gasteiger partial charge in [-0.1, -0.05) is 29.8 Å². The average molecular weight is 244 g/mol. The number of hydrogen-bond acceptors (Lipinski definition) is 2. The van der Waals surface area contributed by atoms with E-state index >= 15 is 0 Å². The molecular formula is C14H13O2P. The van der Waals surface area contributed by atoms with Crippen LogP contribution in [0.4, 0.5) is 0 Å². The molecule has 1 aromatic carbocycles. The molecule has 0 saturated heterocycles. The molecule has 3 rings (SSSR count). The monoisotopic (exact) mass is 244 g/mol. The van der Waals surface area contributed by atoms with Crippen molar-refractivity contribution in [3.8, 4) is 5.75 Å². The van der Waals surface area contributed by atoms with Gasteiger partial charge in [-0.25, -0.2) is 0 Å². The van der Waals surface area contributed by atoms with Gasteiger partial charge in [0.25, 0.3) is 9.03 Å². The quantitative estimate of drug-likeness (QED) is 0.636. The smallest absolute Gasteiger partial charge is 0.275 e. The van der Waals surface area contributed by atoms with E-state index in [-0.39, 0.29) is 9.03 Å². The zero-order valence-electron chi connectivity index (χ0n) is 9.57. The first-order valence-corrected chi connectivity index (χ1v) is 6.41. The normalized spacial score (nSPS) is 22.5. The van der Waals surface area contributed by atoms with Crippen molar-refractivity contribution >= 4 is 15.1 Å². The molecule has 0 radical (unpaired) electrons. The zero-order valence-corrected chi connectivity index (χ0v) is 10.6. The minimum absolute atomic E-state index is 0.0211. The summed E-state index contributed by atoms with van der Waals surface area (Å²) in [5.74, 6) is 1.83. The van der Waals surface area contributed by atoms with Gasteiger partial charge < -0.3 is 9.05 Å². The highest BCUT2D eigenvalue weighted by Crippen LogP contribution is 2.38. The van der Waals surface area contributed by atoms with Gasteiger partial charge in [0.1, 0.15) is 11.5 Å². The first-order chi connectivity index (χ1) is 8.33. The minimum atomic E-state index is 0.0211. The Labute approximate surface area is 103 Å². The molecule has 0 amide bonds. The SMILES string of the molecule is CC1=CC=C2OPOc3ccccc3/C=C\2C1. The van der Waals surface area contributed by atoms with Crippen LogP contribution in [0.15, 0.2) is 53.3 Å². The third-order valence-corrected chi connectivity index (χ3v) is 3.46. The lowest BCUT2D eigenvalue weighted by molar-refractivity contribution is 0.429. The maximum atomic E-state index is 5.65. The van der Waals surface area contributed by atoms with Crippen LogP contribution in [-0.2, 0) is 4.52 Å². The summed E-state index contributed by atoms with van der Waals surface area (Å²) in [5, 5.41) is 0. The molecular weight excluding hydrogens is 231 g/mol. The summed E-state index contributed by atoms with van der Waals surface area (Å²) >= 11 is 0. The molecule has 0 spiro atoms. The highest BCUT2D eigenvalue weighted by molar-refractivity contribution is 7.26. The predicted molar refractivity (Wildman–Crippen MR) is 70.9 cm³/mol. The molecule has 1 aliphatic carbocycles. The van der Waals surface area contributed by atoms with Gasteiger partial charge in [0.05, 0.1) is 0 Å². The molecule has 1 unspecified atom stereocenters. The van der Waals surface area contributed by atoms with Crippen molar-refractivity contribution in [3.63, 3.8) is 0 Å². The van der Waals surface area contributed by atoms with Crippen LogP contribution in [0.3, 0.4) is 0 Å². The maximum Gasteiger partial charge on any atom is 0.275 e. The van der Waals surface area contributed by atoms with E-state index in [1.807, 2.05) is 24.3 Å². The van der Waals surface area contributed by atoms with E-state index in [1.165, 1.54) is 11.1 Å². The van der Waals surface area contributed by atoms with Crippen LogP contribution in [0.5, 0.6) is 5.75 Å². The Bertz CT molecular complexity index is 541. The van der Waals surface area contributed by atoms with Gasteiger partial charge in [-0.15, -0.1) is 0 Å². The molecule has 0 aromatic heterocycles. The van der Waals surface area contributed by atoms with Crippen molar-refractivity contribution in [3.05, 3.63) is 58.9 Å². The Balaban J connectivity index is 2.08. The lowest BCUT2D eigenvalue weighted by Gasteiger charge is -2.20. The Kier molecular flexibility index (Phi) is 2.74. The highest BCUT2D eigenvalue weighted by Gasteiger charge is 2.15. The van der Waals surface area contributed by atoms with E-state index in [0.29, 0.717) is 0 Å². The van der Waals surface area contributed by atoms with Gasteiger partial charge in [-0.3, -0.25) is 0 Å². The van der Waals surface area contributed by atoms with E-state index in [4.69, 9.17) is 9.05 Å². The lowest BCUT2D eigenvalue weighted by atomic mass is 9.97. The number of hydrogen-bond donors (Lipinski definition) is 0. The van der Waals surface area contributed by atoms with Crippen LogP contribution < -0.4 is 4.52 Å². The van der Waals surface area contributed by atoms with Gasteiger partial charge in [0.2, 0.25) is 0 Å². The zero-order chi connectivity index (χ0) is 11.7. The molecule has 0 bridgehead atoms. The Hall–Kier alpha value is -1.53. The van der Waals surface area contributed by atoms with Crippen molar-refractivity contribution in [2.45, 2.75) is 13.3 Å². The third-order valence-electron chi connectivity index (χ3n) is 2.86. The number of para-hydroxylation sites is 1. The van der Waals surface area contributed by atoms with Gasteiger partial charge in [-0.05, 0) is 37.1 Å². The predicted octanol–water partition coefficient (Wildman–Crippen LogP) is 4.22. The fourth-order valence-corrected chi connectivity index (χ4v) is 2.59. The summed E-state index contributed by atoms with van der Waals surface area (Å²) in [6.07, 6.45) is 7.23. The minimum Gasteiger partial charge on any atom is -0.440 e. The van der Waals surface area contributed by atoms with Crippen LogP contribution in [0.2, 0.25) is 0 Å². The first-order valence-electron chi connectivity index (χ1n) is 5.59. The summed E-state index contributed by atoms with van der Waals surface area (Å²) in [4.78, 5) is 0. The number of rotatable bonds is 0. The Morgan fingerprint density at radius 2 is 2.00 bits per heavy atom. The number of benzene rings is 1. The Morgan fingerprint density at radius 1 is 1.12 bits per heavy atom. The second-order valence-electron chi connectivity index (χ2n) is 4.22. The van der Waals surface area contributed by atoms with E-state index in [9.17, 15) is 0 Å². The second kappa shape index (κ2) is 4.38. The molecule has 1 atom stereocenters. The van der Waals surface area contributed by atoms with Crippen molar-refractivity contribution in [1.82, 2.24) is 0 Å². The van der Waals surface area contributed by atoms with Crippen LogP contribution in [-0.4, -0.2) is 0 Å². The molecule has 0 saturated carbocycles. The van der Waals surface area contributed by atoms with Crippen molar-refractivity contribution in [2.75, 3.05) is 0 Å². The summed E-state index contributed by atoms with van der Waals surface area (Å²) < 4.78 is 11.2. The molecule has 0 fully saturated rings. The van der Waals surface area contributed by atoms with Gasteiger partial charge >= 0.3 is 0 Å². The summed E-state index contributed by atoms with van der Waals surface area (Å²) in [5.41, 5.74) is 3.71. The molecule has 86 valence electrons. The largest absolute Gasteiger partial charge is 0.440 e. The van der Waals surface area contributed by atoms with Crippen molar-refractivity contribution in [1.29, 1.82) is 0 Å². The van der Waals surface area contributed by atoms with Crippen molar-refractivity contribution < 1.29 is 9.05 Å². The molecule has 2 nitrogen and oxygen atoms in total. The first kappa shape index (κ1) is 10.6. The van der Waals surface area contributed by atoms with Gasteiger partial charge in [-0.2, -0.15) is 0 Å². The third kappa shape index (κ3) is 2.13. The molecule has 17 heavy (non-hydrogen) atoms. The summed E-state index contributed by atoms with van der Waals surface area (Å²) in [7, 11) is 0.0211. The fourth-order valence-electron chi connectivity index (χ4n) is 1.98. The van der Waals surface area contributed by atoms with Crippen LogP contribution in [0.25, 0.3) is 6.08 Å². The lowest BCUT2D eigenvalue weighted by Crippen LogP contribution is -2.00. The Morgan fingerprint density at radius 3 is 2.94 bits per heavy atom. The topological polar surface area (TPSA) is 18.5 Å². The summed E-state index contributed by atoms with van der Waals surface area (Å²) in [6, 6.07) is 8.05. The van der Waals surface area contributed by atoms with Crippen molar-refractivity contribution in [2.24, 2.45) is 0 Å². The molecule has 1 aromatic rings. The number of allylic oxidation sites excluding steroid dienone is 4. The molecule has 2 aliphatic rings. The fraction of sp³-hybridized carbons (Fsp3) is 0.143. The average Bonchev–Trinajstić information content (AvgIpc) is 2.31. The van der Waals surface area contributed by atoms with Crippen LogP contribution >= 0.6 is 9.03 Å². The van der Waals surface area contributed by atoms with Gasteiger partial charge in [0.15, 0.2) is 0 Å². The van der Waals surface area contributed by atoms with Gasteiger partial charge in [0, 0.05) is 5.56 Å². The van der Waals surface area contributed by atoms with E-state index in [2.05, 4.69) is 25.1 Å². The molecule has 0 N–H and O–H groups in total. The molecule has 1 heterocycles. The standard InChI is InChI=1S/C14H13O2P/c1-10-6-7-14-12(8-10)9-11-4-2-3-5-13(11)15-17-16-14/h2-7,9,17H,8H2,1H3/b12-9-. The highest BCUT2D eigenvalue weighted by atomic mass is 31.1.